The molecule has 0 aromatic heterocycles. The van der Waals surface area contributed by atoms with E-state index in [0.717, 1.165) is 11.4 Å². The van der Waals surface area contributed by atoms with Crippen molar-refractivity contribution in [2.24, 2.45) is 5.92 Å². The van der Waals surface area contributed by atoms with Crippen LogP contribution in [0, 0.1) is 5.92 Å². The number of benzene rings is 2. The molecule has 1 heterocycles. The predicted octanol–water partition coefficient (Wildman–Crippen LogP) is 2.68. The van der Waals surface area contributed by atoms with E-state index in [9.17, 15) is 9.59 Å². The van der Waals surface area contributed by atoms with E-state index in [4.69, 9.17) is 0 Å². The van der Waals surface area contributed by atoms with Crippen molar-refractivity contribution in [3.8, 4) is 0 Å². The third kappa shape index (κ3) is 2.94. The topological polar surface area (TPSA) is 49.4 Å². The molecule has 2 aromatic carbocycles. The minimum Gasteiger partial charge on any atom is -0.326 e. The fraction of sp³-hybridized carbons (Fsp3) is 0.176. The summed E-state index contributed by atoms with van der Waals surface area (Å²) in [5.41, 5.74) is 1.60. The zero-order valence-corrected chi connectivity index (χ0v) is 11.5. The van der Waals surface area contributed by atoms with E-state index in [-0.39, 0.29) is 24.2 Å². The molecular formula is C17H16N2O2. The van der Waals surface area contributed by atoms with E-state index < -0.39 is 0 Å². The standard InChI is InChI=1S/C17H16N2O2/c20-16-11-13(12-19(16)15-9-5-2-6-10-15)17(21)18-14-7-3-1-4-8-14/h1-10,13H,11-12H2,(H,18,21). The summed E-state index contributed by atoms with van der Waals surface area (Å²) in [5.74, 6) is -0.416. The summed E-state index contributed by atoms with van der Waals surface area (Å²) in [6.45, 7) is 0.432. The minimum absolute atomic E-state index is 0.00517. The third-order valence-electron chi connectivity index (χ3n) is 3.61. The van der Waals surface area contributed by atoms with Crippen LogP contribution in [0.1, 0.15) is 6.42 Å². The molecule has 0 saturated carbocycles. The number of hydrogen-bond donors (Lipinski definition) is 1. The van der Waals surface area contributed by atoms with Gasteiger partial charge in [0.05, 0.1) is 5.92 Å². The van der Waals surface area contributed by atoms with E-state index in [1.165, 1.54) is 0 Å². The van der Waals surface area contributed by atoms with Gasteiger partial charge in [-0.2, -0.15) is 0 Å². The van der Waals surface area contributed by atoms with Crippen LogP contribution in [0.25, 0.3) is 0 Å². The van der Waals surface area contributed by atoms with Crippen molar-refractivity contribution >= 4 is 23.2 Å². The quantitative estimate of drug-likeness (QED) is 0.939. The van der Waals surface area contributed by atoms with E-state index in [1.807, 2.05) is 60.7 Å². The van der Waals surface area contributed by atoms with Crippen molar-refractivity contribution in [2.45, 2.75) is 6.42 Å². The summed E-state index contributed by atoms with van der Waals surface area (Å²) in [5, 5.41) is 2.86. The predicted molar refractivity (Wildman–Crippen MR) is 82.0 cm³/mol. The Kier molecular flexibility index (Phi) is 3.69. The Morgan fingerprint density at radius 3 is 2.29 bits per heavy atom. The van der Waals surface area contributed by atoms with Gasteiger partial charge in [-0.25, -0.2) is 0 Å². The van der Waals surface area contributed by atoms with Crippen LogP contribution in [0.3, 0.4) is 0 Å². The number of para-hydroxylation sites is 2. The molecule has 4 heteroatoms. The Bertz CT molecular complexity index is 640. The van der Waals surface area contributed by atoms with Gasteiger partial charge in [0.2, 0.25) is 11.8 Å². The first-order valence-corrected chi connectivity index (χ1v) is 6.95. The van der Waals surface area contributed by atoms with Gasteiger partial charge in [0, 0.05) is 24.3 Å². The van der Waals surface area contributed by atoms with Crippen molar-refractivity contribution in [2.75, 3.05) is 16.8 Å². The van der Waals surface area contributed by atoms with Crippen LogP contribution in [-0.4, -0.2) is 18.4 Å². The molecule has 1 aliphatic heterocycles. The molecular weight excluding hydrogens is 264 g/mol. The second-order valence-electron chi connectivity index (χ2n) is 5.10. The number of hydrogen-bond acceptors (Lipinski definition) is 2. The first-order chi connectivity index (χ1) is 10.2. The SMILES string of the molecule is O=C(Nc1ccccc1)C1CC(=O)N(c2ccccc2)C1. The lowest BCUT2D eigenvalue weighted by atomic mass is 10.1. The molecule has 0 spiro atoms. The number of nitrogens with zero attached hydrogens (tertiary/aromatic N) is 1. The molecule has 0 bridgehead atoms. The van der Waals surface area contributed by atoms with E-state index in [0.29, 0.717) is 6.54 Å². The van der Waals surface area contributed by atoms with E-state index in [2.05, 4.69) is 5.32 Å². The molecule has 1 aliphatic rings. The zero-order valence-electron chi connectivity index (χ0n) is 11.5. The molecule has 3 rings (SSSR count). The molecule has 1 fully saturated rings. The number of carbonyl (C=O) groups is 2. The summed E-state index contributed by atoms with van der Waals surface area (Å²) in [6, 6.07) is 18.8. The molecule has 21 heavy (non-hydrogen) atoms. The van der Waals surface area contributed by atoms with Gasteiger partial charge >= 0.3 is 0 Å². The van der Waals surface area contributed by atoms with Crippen molar-refractivity contribution in [1.29, 1.82) is 0 Å². The van der Waals surface area contributed by atoms with E-state index in [1.54, 1.807) is 4.90 Å². The largest absolute Gasteiger partial charge is 0.326 e. The van der Waals surface area contributed by atoms with Gasteiger partial charge in [0.25, 0.3) is 0 Å². The lowest BCUT2D eigenvalue weighted by Crippen LogP contribution is -2.28. The summed E-state index contributed by atoms with van der Waals surface area (Å²) < 4.78 is 0. The number of amides is 2. The highest BCUT2D eigenvalue weighted by Crippen LogP contribution is 2.25. The number of anilines is 2. The van der Waals surface area contributed by atoms with Gasteiger partial charge in [-0.3, -0.25) is 9.59 Å². The lowest BCUT2D eigenvalue weighted by molar-refractivity contribution is -0.122. The summed E-state index contributed by atoms with van der Waals surface area (Å²) in [4.78, 5) is 26.0. The van der Waals surface area contributed by atoms with Crippen molar-refractivity contribution in [3.05, 3.63) is 60.7 Å². The molecule has 4 nitrogen and oxygen atoms in total. The van der Waals surface area contributed by atoms with Crippen molar-refractivity contribution in [3.63, 3.8) is 0 Å². The third-order valence-corrected chi connectivity index (χ3v) is 3.61. The maximum absolute atomic E-state index is 12.2. The van der Waals surface area contributed by atoms with Crippen molar-refractivity contribution < 1.29 is 9.59 Å². The molecule has 0 radical (unpaired) electrons. The smallest absolute Gasteiger partial charge is 0.229 e. The average molecular weight is 280 g/mol. The first-order valence-electron chi connectivity index (χ1n) is 6.95. The normalized spacial score (nSPS) is 17.8. The molecule has 2 aromatic rings. The van der Waals surface area contributed by atoms with Gasteiger partial charge in [-0.1, -0.05) is 36.4 Å². The molecule has 1 unspecified atom stereocenters. The van der Waals surface area contributed by atoms with Crippen LogP contribution < -0.4 is 10.2 Å². The van der Waals surface area contributed by atoms with Gasteiger partial charge in [-0.15, -0.1) is 0 Å². The summed E-state index contributed by atoms with van der Waals surface area (Å²) in [6.07, 6.45) is 0.258. The molecule has 1 N–H and O–H groups in total. The van der Waals surface area contributed by atoms with Gasteiger partial charge < -0.3 is 10.2 Å². The van der Waals surface area contributed by atoms with E-state index >= 15 is 0 Å². The molecule has 0 aliphatic carbocycles. The number of nitrogens with one attached hydrogen (secondary N) is 1. The van der Waals surface area contributed by atoms with Crippen LogP contribution >= 0.6 is 0 Å². The zero-order chi connectivity index (χ0) is 14.7. The lowest BCUT2D eigenvalue weighted by Gasteiger charge is -2.16. The number of carbonyl (C=O) groups excluding carboxylic acids is 2. The fourth-order valence-electron chi connectivity index (χ4n) is 2.51. The second kappa shape index (κ2) is 5.79. The van der Waals surface area contributed by atoms with Gasteiger partial charge in [-0.05, 0) is 24.3 Å². The molecule has 1 atom stereocenters. The molecule has 2 amide bonds. The Hall–Kier alpha value is -2.62. The summed E-state index contributed by atoms with van der Waals surface area (Å²) in [7, 11) is 0. The Balaban J connectivity index is 1.68. The second-order valence-corrected chi connectivity index (χ2v) is 5.10. The van der Waals surface area contributed by atoms with Crippen molar-refractivity contribution in [1.82, 2.24) is 0 Å². The molecule has 106 valence electrons. The highest BCUT2D eigenvalue weighted by molar-refractivity contribution is 6.03. The Morgan fingerprint density at radius 1 is 1.00 bits per heavy atom. The Labute approximate surface area is 123 Å². The fourth-order valence-corrected chi connectivity index (χ4v) is 2.51. The maximum atomic E-state index is 12.2. The minimum atomic E-state index is -0.307. The summed E-state index contributed by atoms with van der Waals surface area (Å²) >= 11 is 0. The first kappa shape index (κ1) is 13.4. The highest BCUT2D eigenvalue weighted by Gasteiger charge is 2.34. The van der Waals surface area contributed by atoms with Crippen LogP contribution in [0.4, 0.5) is 11.4 Å². The maximum Gasteiger partial charge on any atom is 0.229 e. The van der Waals surface area contributed by atoms with Crippen LogP contribution in [0.2, 0.25) is 0 Å². The Morgan fingerprint density at radius 2 is 1.62 bits per heavy atom. The highest BCUT2D eigenvalue weighted by atomic mass is 16.2. The van der Waals surface area contributed by atoms with Gasteiger partial charge in [0.1, 0.15) is 0 Å². The van der Waals surface area contributed by atoms with Crippen LogP contribution in [0.15, 0.2) is 60.7 Å². The molecule has 1 saturated heterocycles. The monoisotopic (exact) mass is 280 g/mol. The van der Waals surface area contributed by atoms with Crippen LogP contribution in [0.5, 0.6) is 0 Å². The average Bonchev–Trinajstić information content (AvgIpc) is 2.91. The van der Waals surface area contributed by atoms with Gasteiger partial charge in [0.15, 0.2) is 0 Å². The number of rotatable bonds is 3. The van der Waals surface area contributed by atoms with Crippen LogP contribution in [-0.2, 0) is 9.59 Å².